The van der Waals surface area contributed by atoms with Gasteiger partial charge in [0, 0.05) is 46.8 Å². The molecule has 0 bridgehead atoms. The Labute approximate surface area is 172 Å². The lowest BCUT2D eigenvalue weighted by Crippen LogP contribution is -2.28. The lowest BCUT2D eigenvalue weighted by Gasteiger charge is -2.14. The second-order valence-corrected chi connectivity index (χ2v) is 9.07. The van der Waals surface area contributed by atoms with E-state index < -0.39 is 10.0 Å². The van der Waals surface area contributed by atoms with Crippen molar-refractivity contribution in [3.63, 3.8) is 0 Å². The van der Waals surface area contributed by atoms with Gasteiger partial charge in [-0.05, 0) is 50.9 Å². The number of aryl methyl sites for hydroxylation is 2. The molecule has 7 nitrogen and oxygen atoms in total. The Morgan fingerprint density at radius 3 is 2.89 bits per heavy atom. The highest BCUT2D eigenvalue weighted by Gasteiger charge is 2.19. The fourth-order valence-corrected chi connectivity index (χ4v) is 4.23. The predicted octanol–water partition coefficient (Wildman–Crippen LogP) is 1.41. The lowest BCUT2D eigenvalue weighted by atomic mass is 10.1. The number of H-pyrrole nitrogens is 1. The Bertz CT molecular complexity index is 891. The predicted molar refractivity (Wildman–Crippen MR) is 116 cm³/mol. The zero-order chi connectivity index (χ0) is 20.7. The molecule has 28 heavy (non-hydrogen) atoms. The molecule has 2 heterocycles. The molecular weight excluding hydrogens is 398 g/mol. The summed E-state index contributed by atoms with van der Waals surface area (Å²) in [6, 6.07) is 1.78. The molecule has 1 aliphatic rings. The van der Waals surface area contributed by atoms with Crippen molar-refractivity contribution in [2.75, 3.05) is 26.2 Å². The molecule has 1 unspecified atom stereocenters. The van der Waals surface area contributed by atoms with Gasteiger partial charge in [0.2, 0.25) is 10.0 Å². The van der Waals surface area contributed by atoms with Crippen LogP contribution in [0.25, 0.3) is 4.91 Å². The van der Waals surface area contributed by atoms with Crippen LogP contribution in [0.5, 0.6) is 0 Å². The van der Waals surface area contributed by atoms with E-state index in [0.717, 1.165) is 30.5 Å². The first-order valence-corrected chi connectivity index (χ1v) is 11.4. The van der Waals surface area contributed by atoms with Crippen LogP contribution in [0.4, 0.5) is 0 Å². The first-order chi connectivity index (χ1) is 13.2. The molecule has 1 fully saturated rings. The first kappa shape index (κ1) is 22.9. The van der Waals surface area contributed by atoms with Crippen molar-refractivity contribution in [1.29, 1.82) is 0 Å². The van der Waals surface area contributed by atoms with Gasteiger partial charge in [-0.1, -0.05) is 6.92 Å². The van der Waals surface area contributed by atoms with Crippen LogP contribution in [0.1, 0.15) is 36.6 Å². The van der Waals surface area contributed by atoms with Gasteiger partial charge in [-0.3, -0.25) is 4.79 Å². The lowest BCUT2D eigenvalue weighted by molar-refractivity contribution is 0.176. The highest BCUT2D eigenvalue weighted by atomic mass is 32.2. The minimum absolute atomic E-state index is 0.115. The summed E-state index contributed by atoms with van der Waals surface area (Å²) >= 11 is 4.43. The molecule has 0 spiro atoms. The largest absolute Gasteiger partial charge is 0.392 e. The maximum atomic E-state index is 12.1. The molecule has 0 amide bonds. The zero-order valence-corrected chi connectivity index (χ0v) is 18.0. The van der Waals surface area contributed by atoms with E-state index >= 15 is 0 Å². The summed E-state index contributed by atoms with van der Waals surface area (Å²) in [6.07, 6.45) is 4.83. The molecule has 1 aliphatic heterocycles. The molecule has 3 N–H and O–H groups in total. The van der Waals surface area contributed by atoms with Crippen molar-refractivity contribution >= 4 is 27.6 Å². The van der Waals surface area contributed by atoms with Crippen LogP contribution in [0.15, 0.2) is 28.4 Å². The van der Waals surface area contributed by atoms with E-state index in [4.69, 9.17) is 0 Å². The van der Waals surface area contributed by atoms with Crippen molar-refractivity contribution in [2.45, 2.75) is 39.2 Å². The standard InChI is InChI=1S/C19H29N3O4S2/c1-3-15-12-17(14(2)21-19(15)24)18(27)6-4-11-28(25,26)20-8-5-9-22-10-7-16(23)13-22/h4,6,11-12,16,20,23,27H,3,5,7-10,13H2,1-2H3,(H,21,24)/b11-4+,18-6-. The van der Waals surface area contributed by atoms with Gasteiger partial charge in [0.05, 0.1) is 6.10 Å². The number of β-amino-alcohol motifs (C(OH)–C–C–N with tert-alkyl or cyclic N) is 1. The first-order valence-electron chi connectivity index (χ1n) is 9.42. The molecule has 1 aromatic heterocycles. The monoisotopic (exact) mass is 427 g/mol. The minimum Gasteiger partial charge on any atom is -0.392 e. The van der Waals surface area contributed by atoms with Crippen molar-refractivity contribution in [2.24, 2.45) is 0 Å². The van der Waals surface area contributed by atoms with Crippen molar-refractivity contribution in [3.05, 3.63) is 50.8 Å². The number of rotatable bonds is 9. The molecule has 0 saturated carbocycles. The summed E-state index contributed by atoms with van der Waals surface area (Å²) in [5, 5.41) is 10.6. The molecule has 0 aromatic carbocycles. The average molecular weight is 428 g/mol. The number of aliphatic hydroxyl groups is 1. The van der Waals surface area contributed by atoms with Gasteiger partial charge in [0.25, 0.3) is 5.56 Å². The number of nitrogens with one attached hydrogen (secondary N) is 2. The summed E-state index contributed by atoms with van der Waals surface area (Å²) in [4.78, 5) is 17.3. The summed E-state index contributed by atoms with van der Waals surface area (Å²) < 4.78 is 26.7. The van der Waals surface area contributed by atoms with E-state index in [1.54, 1.807) is 19.1 Å². The highest BCUT2D eigenvalue weighted by Crippen LogP contribution is 2.21. The minimum atomic E-state index is -3.53. The maximum Gasteiger partial charge on any atom is 0.251 e. The van der Waals surface area contributed by atoms with Gasteiger partial charge in [-0.2, -0.15) is 0 Å². The number of nitrogens with zero attached hydrogens (tertiary/aromatic N) is 1. The van der Waals surface area contributed by atoms with Crippen molar-refractivity contribution in [1.82, 2.24) is 14.6 Å². The second-order valence-electron chi connectivity index (χ2n) is 6.93. The van der Waals surface area contributed by atoms with Crippen molar-refractivity contribution < 1.29 is 13.5 Å². The number of aromatic amines is 1. The SMILES string of the molecule is CCc1cc(/C(S)=C/C=C/S(=O)(=O)NCCCN2CCC(O)C2)c(C)[nH]c1=O. The van der Waals surface area contributed by atoms with Crippen LogP contribution in [0.2, 0.25) is 0 Å². The van der Waals surface area contributed by atoms with Gasteiger partial charge in [-0.15, -0.1) is 12.6 Å². The van der Waals surface area contributed by atoms with Gasteiger partial charge >= 0.3 is 0 Å². The molecular formula is C19H29N3O4S2. The van der Waals surface area contributed by atoms with Crippen molar-refractivity contribution in [3.8, 4) is 0 Å². The van der Waals surface area contributed by atoms with E-state index in [1.807, 2.05) is 6.92 Å². The molecule has 9 heteroatoms. The maximum absolute atomic E-state index is 12.1. The summed E-state index contributed by atoms with van der Waals surface area (Å²) in [6.45, 7) is 6.29. The zero-order valence-electron chi connectivity index (χ0n) is 16.3. The number of sulfonamides is 1. The molecule has 1 atom stereocenters. The summed E-state index contributed by atoms with van der Waals surface area (Å²) in [7, 11) is -3.53. The van der Waals surface area contributed by atoms with E-state index in [2.05, 4.69) is 27.2 Å². The number of hydrogen-bond acceptors (Lipinski definition) is 6. The van der Waals surface area contributed by atoms with Gasteiger partial charge in [-0.25, -0.2) is 13.1 Å². The van der Waals surface area contributed by atoms with E-state index in [9.17, 15) is 18.3 Å². The number of hydrogen-bond donors (Lipinski definition) is 4. The topological polar surface area (TPSA) is 102 Å². The van der Waals surface area contributed by atoms with Crippen LogP contribution in [-0.2, 0) is 16.4 Å². The molecule has 1 aromatic rings. The van der Waals surface area contributed by atoms with Gasteiger partial charge < -0.3 is 15.0 Å². The number of aromatic nitrogens is 1. The van der Waals surface area contributed by atoms with E-state index in [1.165, 1.54) is 6.08 Å². The van der Waals surface area contributed by atoms with Crippen LogP contribution in [0.3, 0.4) is 0 Å². The Balaban J connectivity index is 1.90. The molecule has 2 rings (SSSR count). The fourth-order valence-electron chi connectivity index (χ4n) is 3.10. The number of aliphatic hydroxyl groups excluding tert-OH is 1. The Kier molecular flexibility index (Phi) is 8.51. The van der Waals surface area contributed by atoms with Crippen LogP contribution < -0.4 is 10.3 Å². The average Bonchev–Trinajstić information content (AvgIpc) is 3.04. The summed E-state index contributed by atoms with van der Waals surface area (Å²) in [5.41, 5.74) is 1.99. The normalized spacial score (nSPS) is 19.0. The van der Waals surface area contributed by atoms with E-state index in [-0.39, 0.29) is 11.7 Å². The molecule has 0 aliphatic carbocycles. The van der Waals surface area contributed by atoms with Crippen LogP contribution >= 0.6 is 12.6 Å². The Hall–Kier alpha value is -1.39. The smallest absolute Gasteiger partial charge is 0.251 e. The van der Waals surface area contributed by atoms with Gasteiger partial charge in [0.1, 0.15) is 0 Å². The second kappa shape index (κ2) is 10.4. The third kappa shape index (κ3) is 6.89. The Morgan fingerprint density at radius 1 is 1.50 bits per heavy atom. The summed E-state index contributed by atoms with van der Waals surface area (Å²) in [5.74, 6) is 0. The molecule has 1 saturated heterocycles. The Morgan fingerprint density at radius 2 is 2.25 bits per heavy atom. The third-order valence-electron chi connectivity index (χ3n) is 4.69. The fraction of sp³-hybridized carbons (Fsp3) is 0.526. The van der Waals surface area contributed by atoms with Crippen LogP contribution in [-0.4, -0.2) is 55.7 Å². The number of likely N-dealkylation sites (tertiary alicyclic amines) is 1. The number of thiol groups is 1. The highest BCUT2D eigenvalue weighted by molar-refractivity contribution is 7.92. The number of pyridine rings is 1. The van der Waals surface area contributed by atoms with Gasteiger partial charge in [0.15, 0.2) is 0 Å². The number of allylic oxidation sites excluding steroid dienone is 2. The van der Waals surface area contributed by atoms with E-state index in [0.29, 0.717) is 42.1 Å². The van der Waals surface area contributed by atoms with Crippen LogP contribution in [0, 0.1) is 6.92 Å². The quantitative estimate of drug-likeness (QED) is 0.271. The molecule has 0 radical (unpaired) electrons. The third-order valence-corrected chi connectivity index (χ3v) is 6.20. The molecule has 156 valence electrons.